The van der Waals surface area contributed by atoms with E-state index >= 15 is 0 Å². The summed E-state index contributed by atoms with van der Waals surface area (Å²) in [6, 6.07) is 7.01. The standard InChI is InChI=1S/C18H16N4O3/c1-17-6-7-18(2,25-17)14-13(17)15(23)21(16(14)24)11-4-3-10(9-19)22-12(11)5-8-20-22/h3-5,8,13-14H,6-7H2,1-2H3/t13-,14+,17?,18?. The zero-order valence-corrected chi connectivity index (χ0v) is 13.9. The highest BCUT2D eigenvalue weighted by atomic mass is 16.5. The largest absolute Gasteiger partial charge is 0.367 e. The van der Waals surface area contributed by atoms with Gasteiger partial charge in [0.05, 0.1) is 40.4 Å². The number of amides is 2. The molecule has 2 bridgehead atoms. The molecule has 2 unspecified atom stereocenters. The second-order valence-electron chi connectivity index (χ2n) is 7.54. The smallest absolute Gasteiger partial charge is 0.240 e. The molecule has 3 aliphatic rings. The molecular formula is C18H16N4O3. The lowest BCUT2D eigenvalue weighted by Gasteiger charge is -2.27. The topological polar surface area (TPSA) is 87.7 Å². The van der Waals surface area contributed by atoms with Gasteiger partial charge in [0.2, 0.25) is 11.8 Å². The highest BCUT2D eigenvalue weighted by molar-refractivity contribution is 6.24. The highest BCUT2D eigenvalue weighted by Crippen LogP contribution is 2.61. The van der Waals surface area contributed by atoms with Crippen molar-refractivity contribution in [2.45, 2.75) is 37.9 Å². The Balaban J connectivity index is 1.68. The van der Waals surface area contributed by atoms with E-state index in [2.05, 4.69) is 11.2 Å². The van der Waals surface area contributed by atoms with Crippen molar-refractivity contribution in [3.8, 4) is 6.07 Å². The first-order valence-corrected chi connectivity index (χ1v) is 8.34. The number of hydrogen-bond acceptors (Lipinski definition) is 5. The van der Waals surface area contributed by atoms with Crippen LogP contribution in [0, 0.1) is 23.2 Å². The van der Waals surface area contributed by atoms with E-state index in [0.717, 1.165) is 12.8 Å². The van der Waals surface area contributed by atoms with Crippen LogP contribution in [0.4, 0.5) is 5.69 Å². The number of fused-ring (bicyclic) bond motifs is 6. The van der Waals surface area contributed by atoms with E-state index in [1.807, 2.05) is 13.8 Å². The van der Waals surface area contributed by atoms with Crippen LogP contribution in [-0.4, -0.2) is 32.6 Å². The van der Waals surface area contributed by atoms with Gasteiger partial charge in [0, 0.05) is 0 Å². The summed E-state index contributed by atoms with van der Waals surface area (Å²) < 4.78 is 7.58. The molecule has 3 fully saturated rings. The number of imide groups is 1. The maximum Gasteiger partial charge on any atom is 0.240 e. The average Bonchev–Trinajstić information content (AvgIpc) is 3.28. The Morgan fingerprint density at radius 1 is 1.16 bits per heavy atom. The molecule has 7 heteroatoms. The molecule has 4 atom stereocenters. The monoisotopic (exact) mass is 336 g/mol. The summed E-state index contributed by atoms with van der Waals surface area (Å²) >= 11 is 0. The average molecular weight is 336 g/mol. The molecule has 0 N–H and O–H groups in total. The predicted octanol–water partition coefficient (Wildman–Crippen LogP) is 1.65. The van der Waals surface area contributed by atoms with Gasteiger partial charge in [0.1, 0.15) is 11.8 Å². The van der Waals surface area contributed by atoms with Gasteiger partial charge in [-0.05, 0) is 44.9 Å². The predicted molar refractivity (Wildman–Crippen MR) is 86.5 cm³/mol. The number of nitriles is 1. The summed E-state index contributed by atoms with van der Waals surface area (Å²) in [4.78, 5) is 27.6. The third-order valence-electron chi connectivity index (χ3n) is 6.09. The molecule has 0 radical (unpaired) electrons. The van der Waals surface area contributed by atoms with Gasteiger partial charge in [-0.2, -0.15) is 10.4 Å². The molecular weight excluding hydrogens is 320 g/mol. The second kappa shape index (κ2) is 4.27. The minimum Gasteiger partial charge on any atom is -0.367 e. The van der Waals surface area contributed by atoms with Crippen LogP contribution in [0.2, 0.25) is 0 Å². The Bertz CT molecular complexity index is 971. The summed E-state index contributed by atoms with van der Waals surface area (Å²) in [5, 5.41) is 13.3. The first kappa shape index (κ1) is 14.6. The van der Waals surface area contributed by atoms with Crippen molar-refractivity contribution in [1.82, 2.24) is 9.61 Å². The van der Waals surface area contributed by atoms with E-state index in [9.17, 15) is 14.9 Å². The van der Waals surface area contributed by atoms with E-state index in [1.54, 1.807) is 24.4 Å². The van der Waals surface area contributed by atoms with E-state index in [0.29, 0.717) is 16.9 Å². The van der Waals surface area contributed by atoms with E-state index in [-0.39, 0.29) is 11.8 Å². The van der Waals surface area contributed by atoms with Crippen LogP contribution >= 0.6 is 0 Å². The van der Waals surface area contributed by atoms with Gasteiger partial charge in [0.25, 0.3) is 0 Å². The fourth-order valence-electron chi connectivity index (χ4n) is 4.98. The molecule has 5 heterocycles. The first-order chi connectivity index (χ1) is 11.9. The summed E-state index contributed by atoms with van der Waals surface area (Å²) in [5.41, 5.74) is 0.246. The Morgan fingerprint density at radius 3 is 2.40 bits per heavy atom. The van der Waals surface area contributed by atoms with Crippen molar-refractivity contribution >= 4 is 23.0 Å². The fourth-order valence-corrected chi connectivity index (χ4v) is 4.98. The third kappa shape index (κ3) is 1.56. The van der Waals surface area contributed by atoms with Crippen molar-refractivity contribution in [3.63, 3.8) is 0 Å². The maximum atomic E-state index is 13.2. The second-order valence-corrected chi connectivity index (χ2v) is 7.54. The van der Waals surface area contributed by atoms with Crippen LogP contribution in [-0.2, 0) is 14.3 Å². The Kier molecular flexibility index (Phi) is 2.49. The van der Waals surface area contributed by atoms with Gasteiger partial charge in [-0.25, -0.2) is 9.42 Å². The minimum absolute atomic E-state index is 0.214. The molecule has 2 aromatic rings. The maximum absolute atomic E-state index is 13.2. The van der Waals surface area contributed by atoms with Crippen molar-refractivity contribution in [2.24, 2.45) is 11.8 Å². The number of pyridine rings is 1. The number of hydrogen-bond donors (Lipinski definition) is 0. The lowest BCUT2D eigenvalue weighted by Crippen LogP contribution is -2.40. The zero-order valence-electron chi connectivity index (χ0n) is 13.9. The van der Waals surface area contributed by atoms with E-state index < -0.39 is 23.0 Å². The number of aromatic nitrogens is 2. The zero-order chi connectivity index (χ0) is 17.6. The summed E-state index contributed by atoms with van der Waals surface area (Å²) in [5.74, 6) is -1.32. The SMILES string of the molecule is CC12CCC(C)(O1)[C@H]1C(=O)N(c3ccc(C#N)n4nccc34)C(=O)[C@H]12. The number of nitrogens with zero attached hydrogens (tertiary/aromatic N) is 4. The molecule has 25 heavy (non-hydrogen) atoms. The Hall–Kier alpha value is -2.72. The molecule has 126 valence electrons. The van der Waals surface area contributed by atoms with Crippen LogP contribution in [0.5, 0.6) is 0 Å². The minimum atomic E-state index is -0.579. The molecule has 3 saturated heterocycles. The van der Waals surface area contributed by atoms with E-state index in [4.69, 9.17) is 4.74 Å². The van der Waals surface area contributed by atoms with Crippen LogP contribution in [0.25, 0.3) is 5.52 Å². The van der Waals surface area contributed by atoms with Gasteiger partial charge < -0.3 is 4.74 Å². The van der Waals surface area contributed by atoms with Crippen LogP contribution < -0.4 is 4.90 Å². The van der Waals surface area contributed by atoms with E-state index in [1.165, 1.54) is 9.42 Å². The number of carbonyl (C=O) groups excluding carboxylic acids is 2. The van der Waals surface area contributed by atoms with Gasteiger partial charge in [-0.15, -0.1) is 0 Å². The lowest BCUT2D eigenvalue weighted by molar-refractivity contribution is -0.129. The molecule has 2 aromatic heterocycles. The molecule has 7 nitrogen and oxygen atoms in total. The Morgan fingerprint density at radius 2 is 1.80 bits per heavy atom. The number of anilines is 1. The van der Waals surface area contributed by atoms with Crippen molar-refractivity contribution in [3.05, 3.63) is 30.1 Å². The fraction of sp³-hybridized carbons (Fsp3) is 0.444. The molecule has 2 amide bonds. The molecule has 0 aliphatic carbocycles. The highest BCUT2D eigenvalue weighted by Gasteiger charge is 2.72. The number of rotatable bonds is 1. The summed E-state index contributed by atoms with van der Waals surface area (Å²) in [6.45, 7) is 3.87. The summed E-state index contributed by atoms with van der Waals surface area (Å²) in [7, 11) is 0. The van der Waals surface area contributed by atoms with Gasteiger partial charge >= 0.3 is 0 Å². The summed E-state index contributed by atoms with van der Waals surface area (Å²) in [6.07, 6.45) is 3.13. The van der Waals surface area contributed by atoms with Crippen molar-refractivity contribution in [1.29, 1.82) is 5.26 Å². The number of carbonyl (C=O) groups is 2. The molecule has 0 saturated carbocycles. The Labute approximate surface area is 143 Å². The third-order valence-corrected chi connectivity index (χ3v) is 6.09. The van der Waals surface area contributed by atoms with Crippen molar-refractivity contribution in [2.75, 3.05) is 4.90 Å². The molecule has 0 spiro atoms. The van der Waals surface area contributed by atoms with Crippen LogP contribution in [0.3, 0.4) is 0 Å². The molecule has 5 rings (SSSR count). The van der Waals surface area contributed by atoms with Gasteiger partial charge in [-0.3, -0.25) is 9.59 Å². The lowest BCUT2D eigenvalue weighted by atomic mass is 9.69. The normalized spacial score (nSPS) is 36.3. The number of ether oxygens (including phenoxy) is 1. The molecule has 0 aromatic carbocycles. The van der Waals surface area contributed by atoms with Gasteiger partial charge in [0.15, 0.2) is 0 Å². The van der Waals surface area contributed by atoms with Gasteiger partial charge in [-0.1, -0.05) is 0 Å². The quantitative estimate of drug-likeness (QED) is 0.739. The van der Waals surface area contributed by atoms with Crippen LogP contribution in [0.1, 0.15) is 32.4 Å². The first-order valence-electron chi connectivity index (χ1n) is 8.34. The molecule has 3 aliphatic heterocycles. The van der Waals surface area contributed by atoms with Crippen LogP contribution in [0.15, 0.2) is 24.4 Å². The van der Waals surface area contributed by atoms with Crippen molar-refractivity contribution < 1.29 is 14.3 Å².